The van der Waals surface area contributed by atoms with E-state index in [1.807, 2.05) is 11.8 Å². The summed E-state index contributed by atoms with van der Waals surface area (Å²) >= 11 is 1.90. The lowest BCUT2D eigenvalue weighted by Gasteiger charge is -2.43. The van der Waals surface area contributed by atoms with E-state index in [4.69, 9.17) is 0 Å². The first-order valence-corrected chi connectivity index (χ1v) is 6.99. The highest BCUT2D eigenvalue weighted by Crippen LogP contribution is 2.36. The Morgan fingerprint density at radius 2 is 2.13 bits per heavy atom. The Kier molecular flexibility index (Phi) is 3.02. The van der Waals surface area contributed by atoms with Crippen LogP contribution in [-0.4, -0.2) is 23.0 Å². The van der Waals surface area contributed by atoms with Gasteiger partial charge in [-0.3, -0.25) is 4.99 Å². The van der Waals surface area contributed by atoms with Crippen molar-refractivity contribution in [1.29, 1.82) is 0 Å². The van der Waals surface area contributed by atoms with Crippen LogP contribution in [0.4, 0.5) is 0 Å². The summed E-state index contributed by atoms with van der Waals surface area (Å²) in [5.74, 6) is 1.19. The SMILES string of the molecule is CCC1(NC2=NCC(C)(C)CS2)CCC1. The van der Waals surface area contributed by atoms with Crippen molar-refractivity contribution in [3.05, 3.63) is 0 Å². The molecule has 2 nitrogen and oxygen atoms in total. The molecule has 3 heteroatoms. The summed E-state index contributed by atoms with van der Waals surface area (Å²) in [6.07, 6.45) is 5.26. The summed E-state index contributed by atoms with van der Waals surface area (Å²) in [7, 11) is 0. The molecule has 0 atom stereocenters. The van der Waals surface area contributed by atoms with Gasteiger partial charge in [0.1, 0.15) is 0 Å². The molecule has 0 radical (unpaired) electrons. The summed E-state index contributed by atoms with van der Waals surface area (Å²) in [6, 6.07) is 0. The van der Waals surface area contributed by atoms with E-state index in [1.54, 1.807) is 0 Å². The molecule has 1 aliphatic carbocycles. The minimum atomic E-state index is 0.384. The van der Waals surface area contributed by atoms with Gasteiger partial charge in [0.25, 0.3) is 0 Å². The minimum absolute atomic E-state index is 0.384. The largest absolute Gasteiger partial charge is 0.360 e. The van der Waals surface area contributed by atoms with Crippen molar-refractivity contribution < 1.29 is 0 Å². The second-order valence-electron chi connectivity index (χ2n) is 5.69. The topological polar surface area (TPSA) is 24.4 Å². The zero-order valence-electron chi connectivity index (χ0n) is 10.1. The number of nitrogens with one attached hydrogen (secondary N) is 1. The van der Waals surface area contributed by atoms with E-state index in [0.717, 1.165) is 6.54 Å². The molecule has 1 heterocycles. The van der Waals surface area contributed by atoms with Crippen LogP contribution >= 0.6 is 11.8 Å². The van der Waals surface area contributed by atoms with Gasteiger partial charge in [0, 0.05) is 17.8 Å². The molecule has 0 saturated heterocycles. The third-order valence-corrected chi connectivity index (χ3v) is 5.04. The van der Waals surface area contributed by atoms with Crippen molar-refractivity contribution >= 4 is 16.9 Å². The first kappa shape index (κ1) is 11.3. The smallest absolute Gasteiger partial charge is 0.157 e. The first-order valence-electron chi connectivity index (χ1n) is 6.01. The van der Waals surface area contributed by atoms with E-state index in [2.05, 4.69) is 31.1 Å². The lowest BCUT2D eigenvalue weighted by Crippen LogP contribution is -2.53. The van der Waals surface area contributed by atoms with Gasteiger partial charge < -0.3 is 5.32 Å². The molecule has 0 bridgehead atoms. The molecule has 0 spiro atoms. The highest BCUT2D eigenvalue weighted by atomic mass is 32.2. The van der Waals surface area contributed by atoms with Crippen molar-refractivity contribution in [1.82, 2.24) is 5.32 Å². The number of hydrogen-bond acceptors (Lipinski definition) is 3. The van der Waals surface area contributed by atoms with E-state index in [-0.39, 0.29) is 0 Å². The molecule has 0 aromatic carbocycles. The average Bonchev–Trinajstić information content (AvgIpc) is 2.14. The summed E-state index contributed by atoms with van der Waals surface area (Å²) in [5.41, 5.74) is 0.780. The number of rotatable bonds is 2. The van der Waals surface area contributed by atoms with Crippen LogP contribution in [0.2, 0.25) is 0 Å². The summed E-state index contributed by atoms with van der Waals surface area (Å²) < 4.78 is 0. The van der Waals surface area contributed by atoms with Crippen LogP contribution in [0.25, 0.3) is 0 Å². The van der Waals surface area contributed by atoms with Crippen molar-refractivity contribution in [2.24, 2.45) is 10.4 Å². The summed E-state index contributed by atoms with van der Waals surface area (Å²) in [6.45, 7) is 7.84. The third kappa shape index (κ3) is 2.49. The minimum Gasteiger partial charge on any atom is -0.360 e. The predicted molar refractivity (Wildman–Crippen MR) is 68.5 cm³/mol. The lowest BCUT2D eigenvalue weighted by atomic mass is 9.75. The maximum atomic E-state index is 4.67. The molecule has 15 heavy (non-hydrogen) atoms. The molecule has 1 aliphatic heterocycles. The normalized spacial score (nSPS) is 27.8. The van der Waals surface area contributed by atoms with Crippen LogP contribution in [-0.2, 0) is 0 Å². The number of amidine groups is 1. The molecule has 2 rings (SSSR count). The van der Waals surface area contributed by atoms with Gasteiger partial charge in [-0.05, 0) is 31.1 Å². The van der Waals surface area contributed by atoms with Gasteiger partial charge in [-0.1, -0.05) is 32.5 Å². The highest BCUT2D eigenvalue weighted by molar-refractivity contribution is 8.13. The zero-order valence-corrected chi connectivity index (χ0v) is 10.9. The fourth-order valence-corrected chi connectivity index (χ4v) is 3.18. The van der Waals surface area contributed by atoms with Gasteiger partial charge in [0.2, 0.25) is 0 Å². The van der Waals surface area contributed by atoms with E-state index in [9.17, 15) is 0 Å². The summed E-state index contributed by atoms with van der Waals surface area (Å²) in [5, 5.41) is 4.86. The average molecular weight is 226 g/mol. The Balaban J connectivity index is 1.93. The quantitative estimate of drug-likeness (QED) is 0.782. The second kappa shape index (κ2) is 4.00. The van der Waals surface area contributed by atoms with Crippen LogP contribution in [0.5, 0.6) is 0 Å². The lowest BCUT2D eigenvalue weighted by molar-refractivity contribution is 0.210. The summed E-state index contributed by atoms with van der Waals surface area (Å²) in [4.78, 5) is 4.67. The Bertz CT molecular complexity index is 261. The standard InChI is InChI=1S/C12H22N2S/c1-4-12(6-5-7-12)14-10-13-8-11(2,3)9-15-10/h4-9H2,1-3H3,(H,13,14). The van der Waals surface area contributed by atoms with Crippen molar-refractivity contribution in [3.8, 4) is 0 Å². The van der Waals surface area contributed by atoms with Crippen LogP contribution in [0, 0.1) is 5.41 Å². The fourth-order valence-electron chi connectivity index (χ4n) is 2.11. The molecule has 0 unspecified atom stereocenters. The van der Waals surface area contributed by atoms with Gasteiger partial charge in [-0.15, -0.1) is 0 Å². The maximum absolute atomic E-state index is 4.67. The monoisotopic (exact) mass is 226 g/mol. The molecular formula is C12H22N2S. The Hall–Kier alpha value is -0.180. The van der Waals surface area contributed by atoms with Crippen LogP contribution < -0.4 is 5.32 Å². The third-order valence-electron chi connectivity index (χ3n) is 3.61. The Morgan fingerprint density at radius 3 is 2.53 bits per heavy atom. The number of hydrogen-bond donors (Lipinski definition) is 1. The van der Waals surface area contributed by atoms with E-state index >= 15 is 0 Å². The van der Waals surface area contributed by atoms with E-state index in [1.165, 1.54) is 36.6 Å². The van der Waals surface area contributed by atoms with Crippen molar-refractivity contribution in [3.63, 3.8) is 0 Å². The Labute approximate surface area is 97.3 Å². The number of nitrogens with zero attached hydrogens (tertiary/aromatic N) is 1. The first-order chi connectivity index (χ1) is 7.05. The van der Waals surface area contributed by atoms with Gasteiger partial charge in [-0.25, -0.2) is 0 Å². The number of aliphatic imine (C=N–C) groups is 1. The van der Waals surface area contributed by atoms with Gasteiger partial charge in [0.05, 0.1) is 0 Å². The molecule has 1 fully saturated rings. The molecule has 1 N–H and O–H groups in total. The van der Waals surface area contributed by atoms with Crippen molar-refractivity contribution in [2.75, 3.05) is 12.3 Å². The molecule has 0 amide bonds. The van der Waals surface area contributed by atoms with E-state index < -0.39 is 0 Å². The second-order valence-corrected chi connectivity index (χ2v) is 6.65. The molecule has 0 aromatic rings. The number of thioether (sulfide) groups is 1. The van der Waals surface area contributed by atoms with Crippen LogP contribution in [0.15, 0.2) is 4.99 Å². The van der Waals surface area contributed by atoms with Crippen molar-refractivity contribution in [2.45, 2.75) is 52.0 Å². The molecule has 2 aliphatic rings. The molecule has 0 aromatic heterocycles. The maximum Gasteiger partial charge on any atom is 0.157 e. The zero-order chi connectivity index (χ0) is 10.9. The molecule has 86 valence electrons. The predicted octanol–water partition coefficient (Wildman–Crippen LogP) is 3.04. The Morgan fingerprint density at radius 1 is 1.40 bits per heavy atom. The van der Waals surface area contributed by atoms with Gasteiger partial charge >= 0.3 is 0 Å². The van der Waals surface area contributed by atoms with Crippen LogP contribution in [0.3, 0.4) is 0 Å². The van der Waals surface area contributed by atoms with Crippen LogP contribution in [0.1, 0.15) is 46.5 Å². The van der Waals surface area contributed by atoms with Gasteiger partial charge in [0.15, 0.2) is 5.17 Å². The molecular weight excluding hydrogens is 204 g/mol. The molecule has 1 saturated carbocycles. The van der Waals surface area contributed by atoms with E-state index in [0.29, 0.717) is 11.0 Å². The fraction of sp³-hybridized carbons (Fsp3) is 0.917. The highest BCUT2D eigenvalue weighted by Gasteiger charge is 2.36. The van der Waals surface area contributed by atoms with Gasteiger partial charge in [-0.2, -0.15) is 0 Å².